The van der Waals surface area contributed by atoms with Gasteiger partial charge < -0.3 is 10.0 Å². The molecule has 1 heterocycles. The van der Waals surface area contributed by atoms with Crippen molar-refractivity contribution < 1.29 is 14.7 Å². The molecule has 2 aromatic rings. The lowest BCUT2D eigenvalue weighted by Crippen LogP contribution is -2.32. The highest BCUT2D eigenvalue weighted by atomic mass is 16.4. The van der Waals surface area contributed by atoms with Gasteiger partial charge in [-0.15, -0.1) is 0 Å². The summed E-state index contributed by atoms with van der Waals surface area (Å²) < 4.78 is 1.42. The van der Waals surface area contributed by atoms with Crippen molar-refractivity contribution in [1.29, 1.82) is 0 Å². The topological polar surface area (TPSA) is 74.6 Å². The summed E-state index contributed by atoms with van der Waals surface area (Å²) in [4.78, 5) is 24.1. The molecule has 0 aliphatic heterocycles. The first-order valence-corrected chi connectivity index (χ1v) is 5.32. The van der Waals surface area contributed by atoms with Crippen LogP contribution in [0.15, 0.2) is 30.5 Å². The first kappa shape index (κ1) is 12.0. The molecule has 0 unspecified atom stereocenters. The highest BCUT2D eigenvalue weighted by Gasteiger charge is 2.15. The maximum Gasteiger partial charge on any atom is 0.337 e. The minimum Gasteiger partial charge on any atom is -0.478 e. The van der Waals surface area contributed by atoms with Gasteiger partial charge in [-0.1, -0.05) is 18.2 Å². The van der Waals surface area contributed by atoms with Gasteiger partial charge in [-0.2, -0.15) is 0 Å². The Morgan fingerprint density at radius 3 is 2.56 bits per heavy atom. The smallest absolute Gasteiger partial charge is 0.337 e. The second kappa shape index (κ2) is 4.40. The number of carbonyl (C=O) groups excluding carboxylic acids is 1. The van der Waals surface area contributed by atoms with E-state index in [4.69, 9.17) is 5.11 Å². The third-order valence-electron chi connectivity index (χ3n) is 2.56. The molecule has 2 rings (SSSR count). The summed E-state index contributed by atoms with van der Waals surface area (Å²) in [5.74, 6) is -1.02. The predicted octanol–water partition coefficient (Wildman–Crippen LogP) is 1.56. The summed E-state index contributed by atoms with van der Waals surface area (Å²) in [6.07, 6.45) is 1.40. The number of para-hydroxylation sites is 1. The maximum atomic E-state index is 11.6. The summed E-state index contributed by atoms with van der Waals surface area (Å²) >= 11 is 0. The molecule has 1 aromatic carbocycles. The number of aromatic nitrogens is 1. The minimum absolute atomic E-state index is 0.157. The van der Waals surface area contributed by atoms with Crippen LogP contribution in [0.2, 0.25) is 0 Å². The fourth-order valence-electron chi connectivity index (χ4n) is 1.65. The van der Waals surface area contributed by atoms with Gasteiger partial charge in [0.2, 0.25) is 0 Å². The lowest BCUT2D eigenvalue weighted by atomic mass is 10.2. The number of nitrogens with one attached hydrogen (secondary N) is 1. The van der Waals surface area contributed by atoms with E-state index in [1.807, 2.05) is 0 Å². The Labute approximate surface area is 103 Å². The highest BCUT2D eigenvalue weighted by molar-refractivity contribution is 6.04. The fraction of sp³-hybridized carbons (Fsp3) is 0.167. The van der Waals surface area contributed by atoms with Gasteiger partial charge in [-0.25, -0.2) is 15.0 Å². The van der Waals surface area contributed by atoms with E-state index >= 15 is 0 Å². The number of rotatable bonds is 2. The number of hydrogen-bond donors (Lipinski definition) is 2. The molecule has 0 radical (unpaired) electrons. The SMILES string of the molecule is CN(C)C(=O)Nn1cc(C(=O)O)c2ccccc21. The Morgan fingerprint density at radius 1 is 1.28 bits per heavy atom. The third-order valence-corrected chi connectivity index (χ3v) is 2.56. The Bertz CT molecular complexity index is 616. The lowest BCUT2D eigenvalue weighted by Gasteiger charge is -2.13. The van der Waals surface area contributed by atoms with E-state index in [2.05, 4.69) is 5.43 Å². The Hall–Kier alpha value is -2.50. The van der Waals surface area contributed by atoms with Gasteiger partial charge in [0.1, 0.15) is 0 Å². The van der Waals surface area contributed by atoms with Crippen LogP contribution in [0.5, 0.6) is 0 Å². The van der Waals surface area contributed by atoms with Crippen molar-refractivity contribution in [3.8, 4) is 0 Å². The molecule has 0 spiro atoms. The van der Waals surface area contributed by atoms with Gasteiger partial charge in [0.15, 0.2) is 0 Å². The summed E-state index contributed by atoms with van der Waals surface area (Å²) in [7, 11) is 3.22. The van der Waals surface area contributed by atoms with Crippen LogP contribution in [0.4, 0.5) is 4.79 Å². The zero-order chi connectivity index (χ0) is 13.3. The number of amides is 2. The molecule has 6 heteroatoms. The molecule has 94 valence electrons. The number of hydrogen-bond acceptors (Lipinski definition) is 2. The van der Waals surface area contributed by atoms with Crippen molar-refractivity contribution in [1.82, 2.24) is 9.58 Å². The minimum atomic E-state index is -1.02. The van der Waals surface area contributed by atoms with E-state index in [1.165, 1.54) is 15.8 Å². The first-order chi connectivity index (χ1) is 8.50. The van der Waals surface area contributed by atoms with Gasteiger partial charge in [0.05, 0.1) is 11.1 Å². The van der Waals surface area contributed by atoms with E-state index in [-0.39, 0.29) is 11.6 Å². The molecule has 2 amide bonds. The van der Waals surface area contributed by atoms with Crippen molar-refractivity contribution in [2.24, 2.45) is 0 Å². The summed E-state index contributed by atoms with van der Waals surface area (Å²) in [6, 6.07) is 6.67. The molecule has 0 atom stereocenters. The standard InChI is InChI=1S/C12H13N3O3/c1-14(2)12(18)13-15-7-9(11(16)17)8-5-3-4-6-10(8)15/h3-7H,1-2H3,(H,13,18)(H,16,17). The molecule has 2 N–H and O–H groups in total. The molecule has 0 saturated carbocycles. The zero-order valence-electron chi connectivity index (χ0n) is 10.0. The van der Waals surface area contributed by atoms with E-state index in [1.54, 1.807) is 38.4 Å². The highest BCUT2D eigenvalue weighted by Crippen LogP contribution is 2.20. The Kier molecular flexibility index (Phi) is 2.93. The number of fused-ring (bicyclic) bond motifs is 1. The number of urea groups is 1. The number of carboxylic acid groups (broad SMARTS) is 1. The van der Waals surface area contributed by atoms with E-state index in [0.29, 0.717) is 10.9 Å². The van der Waals surface area contributed by atoms with Crippen molar-refractivity contribution >= 4 is 22.9 Å². The molecule has 1 aromatic heterocycles. The number of benzene rings is 1. The van der Waals surface area contributed by atoms with Gasteiger partial charge in [-0.05, 0) is 6.07 Å². The molecule has 0 saturated heterocycles. The molecular formula is C12H13N3O3. The average Bonchev–Trinajstić information content (AvgIpc) is 2.68. The third kappa shape index (κ3) is 2.00. The average molecular weight is 247 g/mol. The molecule has 0 aliphatic carbocycles. The number of carboxylic acids is 1. The van der Waals surface area contributed by atoms with Crippen LogP contribution in [0.25, 0.3) is 10.9 Å². The van der Waals surface area contributed by atoms with Crippen molar-refractivity contribution in [2.75, 3.05) is 19.5 Å². The van der Waals surface area contributed by atoms with Crippen molar-refractivity contribution in [2.45, 2.75) is 0 Å². The Balaban J connectivity index is 2.51. The molecule has 0 bridgehead atoms. The first-order valence-electron chi connectivity index (χ1n) is 5.32. The van der Waals surface area contributed by atoms with E-state index in [0.717, 1.165) is 0 Å². The van der Waals surface area contributed by atoms with E-state index < -0.39 is 5.97 Å². The van der Waals surface area contributed by atoms with Crippen LogP contribution in [0.1, 0.15) is 10.4 Å². The maximum absolute atomic E-state index is 11.6. The van der Waals surface area contributed by atoms with Gasteiger partial charge in [0, 0.05) is 25.7 Å². The molecule has 6 nitrogen and oxygen atoms in total. The monoisotopic (exact) mass is 247 g/mol. The lowest BCUT2D eigenvalue weighted by molar-refractivity contribution is 0.0699. The molecule has 0 aliphatic rings. The number of nitrogens with zero attached hydrogens (tertiary/aromatic N) is 2. The number of aromatic carboxylic acids is 1. The van der Waals surface area contributed by atoms with Crippen LogP contribution >= 0.6 is 0 Å². The fourth-order valence-corrected chi connectivity index (χ4v) is 1.65. The summed E-state index contributed by atoms with van der Waals surface area (Å²) in [5.41, 5.74) is 3.40. The van der Waals surface area contributed by atoms with Crippen LogP contribution in [0, 0.1) is 0 Å². The zero-order valence-corrected chi connectivity index (χ0v) is 10.0. The normalized spacial score (nSPS) is 10.3. The Morgan fingerprint density at radius 2 is 1.94 bits per heavy atom. The van der Waals surface area contributed by atoms with Gasteiger partial charge in [-0.3, -0.25) is 4.68 Å². The largest absolute Gasteiger partial charge is 0.478 e. The van der Waals surface area contributed by atoms with Crippen LogP contribution in [-0.4, -0.2) is 40.8 Å². The van der Waals surface area contributed by atoms with Crippen LogP contribution < -0.4 is 5.43 Å². The van der Waals surface area contributed by atoms with Crippen LogP contribution in [-0.2, 0) is 0 Å². The number of carbonyl (C=O) groups is 2. The van der Waals surface area contributed by atoms with Gasteiger partial charge >= 0.3 is 12.0 Å². The quantitative estimate of drug-likeness (QED) is 0.845. The molecule has 0 fully saturated rings. The second-order valence-corrected chi connectivity index (χ2v) is 4.05. The van der Waals surface area contributed by atoms with Crippen LogP contribution in [0.3, 0.4) is 0 Å². The predicted molar refractivity (Wildman–Crippen MR) is 67.3 cm³/mol. The van der Waals surface area contributed by atoms with Crippen molar-refractivity contribution in [3.63, 3.8) is 0 Å². The second-order valence-electron chi connectivity index (χ2n) is 4.05. The van der Waals surface area contributed by atoms with Gasteiger partial charge in [0.25, 0.3) is 0 Å². The molecule has 18 heavy (non-hydrogen) atoms. The summed E-state index contributed by atoms with van der Waals surface area (Å²) in [5, 5.41) is 9.69. The summed E-state index contributed by atoms with van der Waals surface area (Å²) in [6.45, 7) is 0. The van der Waals surface area contributed by atoms with E-state index in [9.17, 15) is 9.59 Å². The van der Waals surface area contributed by atoms with Crippen molar-refractivity contribution in [3.05, 3.63) is 36.0 Å². The molecular weight excluding hydrogens is 234 g/mol.